The summed E-state index contributed by atoms with van der Waals surface area (Å²) in [4.78, 5) is 40.7. The van der Waals surface area contributed by atoms with Gasteiger partial charge in [0, 0.05) is 32.6 Å². The summed E-state index contributed by atoms with van der Waals surface area (Å²) < 4.78 is 10.5. The zero-order valence-electron chi connectivity index (χ0n) is 18.7. The molecule has 1 unspecified atom stereocenters. The molecule has 1 saturated heterocycles. The number of aromatic amines is 1. The Morgan fingerprint density at radius 2 is 1.84 bits per heavy atom. The van der Waals surface area contributed by atoms with Crippen LogP contribution in [-0.4, -0.2) is 92.9 Å². The fraction of sp³-hybridized carbons (Fsp3) is 0.789. The highest BCUT2D eigenvalue weighted by Crippen LogP contribution is 2.11. The van der Waals surface area contributed by atoms with Crippen LogP contribution in [0.25, 0.3) is 0 Å². The molecule has 1 aromatic rings. The molecule has 31 heavy (non-hydrogen) atoms. The molecule has 1 aromatic heterocycles. The van der Waals surface area contributed by atoms with Crippen LogP contribution in [0.1, 0.15) is 52.8 Å². The topological polar surface area (TPSA) is 143 Å². The first-order valence-corrected chi connectivity index (χ1v) is 10.6. The number of piperazine rings is 1. The summed E-state index contributed by atoms with van der Waals surface area (Å²) in [5.41, 5.74) is -0.685. The number of ether oxygens (including phenoxy) is 2. The smallest absolute Gasteiger partial charge is 0.409 e. The van der Waals surface area contributed by atoms with Gasteiger partial charge in [-0.2, -0.15) is 5.21 Å². The molecule has 0 saturated carbocycles. The monoisotopic (exact) mass is 439 g/mol. The number of unbranched alkanes of at least 4 members (excludes halogenated alkanes) is 1. The zero-order chi connectivity index (χ0) is 22.9. The van der Waals surface area contributed by atoms with Crippen LogP contribution in [-0.2, 0) is 20.7 Å². The Morgan fingerprint density at radius 3 is 2.42 bits per heavy atom. The summed E-state index contributed by atoms with van der Waals surface area (Å²) >= 11 is 0. The molecule has 1 aliphatic rings. The van der Waals surface area contributed by atoms with Crippen LogP contribution in [0.3, 0.4) is 0 Å². The lowest BCUT2D eigenvalue weighted by Gasteiger charge is -2.36. The van der Waals surface area contributed by atoms with E-state index in [-0.39, 0.29) is 18.4 Å². The van der Waals surface area contributed by atoms with Crippen molar-refractivity contribution in [2.45, 2.75) is 65.0 Å². The van der Waals surface area contributed by atoms with Crippen molar-refractivity contribution >= 4 is 18.1 Å². The summed E-state index contributed by atoms with van der Waals surface area (Å²) in [6.45, 7) is 9.14. The van der Waals surface area contributed by atoms with E-state index in [1.165, 1.54) is 0 Å². The molecule has 0 radical (unpaired) electrons. The molecule has 12 heteroatoms. The molecule has 0 aromatic carbocycles. The summed E-state index contributed by atoms with van der Waals surface area (Å²) in [6.07, 6.45) is 1.38. The Labute approximate surface area is 182 Å². The first-order valence-electron chi connectivity index (χ1n) is 10.6. The van der Waals surface area contributed by atoms with Crippen LogP contribution in [0.5, 0.6) is 0 Å². The van der Waals surface area contributed by atoms with Gasteiger partial charge in [0.05, 0.1) is 6.61 Å². The highest BCUT2D eigenvalue weighted by Gasteiger charge is 2.31. The van der Waals surface area contributed by atoms with Crippen LogP contribution >= 0.6 is 0 Å². The molecule has 174 valence electrons. The summed E-state index contributed by atoms with van der Waals surface area (Å²) in [6, 6.07) is -0.809. The number of aryl methyl sites for hydroxylation is 1. The van der Waals surface area contributed by atoms with E-state index in [1.807, 2.05) is 6.92 Å². The maximum Gasteiger partial charge on any atom is 0.409 e. The third-order valence-electron chi connectivity index (χ3n) is 4.61. The number of H-pyrrole nitrogens is 1. The highest BCUT2D eigenvalue weighted by atomic mass is 16.6. The second-order valence-electron chi connectivity index (χ2n) is 8.35. The minimum atomic E-state index is -0.809. The van der Waals surface area contributed by atoms with E-state index in [1.54, 1.807) is 30.6 Å². The number of hydrogen-bond acceptors (Lipinski definition) is 8. The maximum atomic E-state index is 13.1. The molecule has 3 amide bonds. The average molecular weight is 440 g/mol. The van der Waals surface area contributed by atoms with Gasteiger partial charge in [-0.3, -0.25) is 4.79 Å². The SMILES string of the molecule is CCCCOC(=O)N1CCN(C(=O)C(CCc2nn[nH]n2)NC(=O)OC(C)(C)C)CC1. The molecule has 2 heterocycles. The lowest BCUT2D eigenvalue weighted by atomic mass is 10.1. The van der Waals surface area contributed by atoms with Crippen molar-refractivity contribution in [3.63, 3.8) is 0 Å². The molecule has 1 fully saturated rings. The lowest BCUT2D eigenvalue weighted by Crippen LogP contribution is -2.56. The fourth-order valence-corrected chi connectivity index (χ4v) is 2.99. The van der Waals surface area contributed by atoms with Crippen molar-refractivity contribution in [1.82, 2.24) is 35.7 Å². The van der Waals surface area contributed by atoms with Gasteiger partial charge in [-0.15, -0.1) is 10.2 Å². The first kappa shape index (κ1) is 24.4. The lowest BCUT2D eigenvalue weighted by molar-refractivity contribution is -0.135. The van der Waals surface area contributed by atoms with E-state index in [2.05, 4.69) is 25.9 Å². The highest BCUT2D eigenvalue weighted by molar-refractivity contribution is 5.86. The molecule has 2 N–H and O–H groups in total. The van der Waals surface area contributed by atoms with Crippen molar-refractivity contribution in [2.75, 3.05) is 32.8 Å². The van der Waals surface area contributed by atoms with Gasteiger partial charge in [0.2, 0.25) is 5.91 Å². The summed E-state index contributed by atoms with van der Waals surface area (Å²) in [7, 11) is 0. The quantitative estimate of drug-likeness (QED) is 0.574. The largest absolute Gasteiger partial charge is 0.449 e. The van der Waals surface area contributed by atoms with Crippen LogP contribution in [0.2, 0.25) is 0 Å². The standard InChI is InChI=1S/C19H33N7O5/c1-5-6-13-30-18(29)26-11-9-25(10-12-26)16(27)14(7-8-15-21-23-24-22-15)20-17(28)31-19(2,3)4/h14H,5-13H2,1-4H3,(H,20,28)(H,21,22,23,24). The van der Waals surface area contributed by atoms with Crippen molar-refractivity contribution in [3.8, 4) is 0 Å². The average Bonchev–Trinajstić information content (AvgIpc) is 3.23. The fourth-order valence-electron chi connectivity index (χ4n) is 2.99. The molecular weight excluding hydrogens is 406 g/mol. The number of hydrogen-bond donors (Lipinski definition) is 2. The Kier molecular flexibility index (Phi) is 9.01. The summed E-state index contributed by atoms with van der Waals surface area (Å²) in [5.74, 6) is 0.205. The van der Waals surface area contributed by atoms with E-state index in [4.69, 9.17) is 9.47 Å². The molecule has 1 atom stereocenters. The number of carbonyl (C=O) groups excluding carboxylic acids is 3. The van der Waals surface area contributed by atoms with E-state index in [0.29, 0.717) is 45.0 Å². The van der Waals surface area contributed by atoms with Gasteiger partial charge < -0.3 is 24.6 Å². The Morgan fingerprint density at radius 1 is 1.16 bits per heavy atom. The van der Waals surface area contributed by atoms with E-state index >= 15 is 0 Å². The molecule has 12 nitrogen and oxygen atoms in total. The number of rotatable bonds is 8. The Balaban J connectivity index is 1.93. The predicted octanol–water partition coefficient (Wildman–Crippen LogP) is 1.11. The predicted molar refractivity (Wildman–Crippen MR) is 110 cm³/mol. The van der Waals surface area contributed by atoms with Gasteiger partial charge in [-0.25, -0.2) is 9.59 Å². The van der Waals surface area contributed by atoms with Crippen LogP contribution in [0.15, 0.2) is 0 Å². The third-order valence-corrected chi connectivity index (χ3v) is 4.61. The number of carbonyl (C=O) groups is 3. The van der Waals surface area contributed by atoms with Gasteiger partial charge in [0.15, 0.2) is 5.82 Å². The molecule has 0 aliphatic carbocycles. The number of alkyl carbamates (subject to hydrolysis) is 1. The van der Waals surface area contributed by atoms with Gasteiger partial charge in [-0.05, 0) is 33.6 Å². The molecule has 2 rings (SSSR count). The van der Waals surface area contributed by atoms with Gasteiger partial charge >= 0.3 is 12.2 Å². The zero-order valence-corrected chi connectivity index (χ0v) is 18.7. The minimum Gasteiger partial charge on any atom is -0.449 e. The maximum absolute atomic E-state index is 13.1. The second kappa shape index (κ2) is 11.5. The molecule has 1 aliphatic heterocycles. The van der Waals surface area contributed by atoms with Crippen LogP contribution in [0.4, 0.5) is 9.59 Å². The summed E-state index contributed by atoms with van der Waals surface area (Å²) in [5, 5.41) is 16.3. The van der Waals surface area contributed by atoms with Gasteiger partial charge in [0.25, 0.3) is 0 Å². The number of amides is 3. The van der Waals surface area contributed by atoms with Crippen molar-refractivity contribution in [2.24, 2.45) is 0 Å². The van der Waals surface area contributed by atoms with E-state index in [9.17, 15) is 14.4 Å². The minimum absolute atomic E-state index is 0.242. The van der Waals surface area contributed by atoms with E-state index in [0.717, 1.165) is 12.8 Å². The Bertz CT molecular complexity index is 712. The first-order chi connectivity index (χ1) is 14.7. The van der Waals surface area contributed by atoms with Crippen molar-refractivity contribution in [3.05, 3.63) is 5.82 Å². The Hall–Kier alpha value is -2.92. The van der Waals surface area contributed by atoms with Crippen molar-refractivity contribution in [1.29, 1.82) is 0 Å². The normalized spacial score (nSPS) is 15.4. The third kappa shape index (κ3) is 8.38. The van der Waals surface area contributed by atoms with Gasteiger partial charge in [-0.1, -0.05) is 18.6 Å². The van der Waals surface area contributed by atoms with Crippen LogP contribution in [0, 0.1) is 0 Å². The molecule has 0 spiro atoms. The van der Waals surface area contributed by atoms with Crippen LogP contribution < -0.4 is 5.32 Å². The molecular formula is C19H33N7O5. The molecule has 0 bridgehead atoms. The second-order valence-corrected chi connectivity index (χ2v) is 8.35. The number of tetrazole rings is 1. The van der Waals surface area contributed by atoms with Crippen molar-refractivity contribution < 1.29 is 23.9 Å². The number of nitrogens with one attached hydrogen (secondary N) is 2. The van der Waals surface area contributed by atoms with Gasteiger partial charge in [0.1, 0.15) is 11.6 Å². The number of aromatic nitrogens is 4. The van der Waals surface area contributed by atoms with E-state index < -0.39 is 17.7 Å². The number of nitrogens with zero attached hydrogens (tertiary/aromatic N) is 5.